The van der Waals surface area contributed by atoms with Gasteiger partial charge in [0.05, 0.1) is 10.5 Å². The van der Waals surface area contributed by atoms with Gasteiger partial charge in [-0.1, -0.05) is 0 Å². The second-order valence-corrected chi connectivity index (χ2v) is 6.23. The highest BCUT2D eigenvalue weighted by atomic mass is 32.2. The van der Waals surface area contributed by atoms with E-state index in [-0.39, 0.29) is 10.5 Å². The molecule has 1 amide bonds. The summed E-state index contributed by atoms with van der Waals surface area (Å²) >= 11 is 0. The summed E-state index contributed by atoms with van der Waals surface area (Å²) in [5.41, 5.74) is 6.74. The summed E-state index contributed by atoms with van der Waals surface area (Å²) in [4.78, 5) is 16.0. The Balaban J connectivity index is 2.19. The zero-order valence-corrected chi connectivity index (χ0v) is 11.5. The molecule has 0 radical (unpaired) electrons. The summed E-state index contributed by atoms with van der Waals surface area (Å²) in [5.74, 6) is -0.400. The first-order valence-corrected chi connectivity index (χ1v) is 7.58. The van der Waals surface area contributed by atoms with E-state index in [1.165, 1.54) is 42.7 Å². The van der Waals surface area contributed by atoms with E-state index >= 15 is 0 Å². The van der Waals surface area contributed by atoms with Crippen LogP contribution in [0, 0.1) is 0 Å². The highest BCUT2D eigenvalue weighted by Gasteiger charge is 2.11. The topological polar surface area (TPSA) is 102 Å². The van der Waals surface area contributed by atoms with Gasteiger partial charge in [-0.05, 0) is 30.3 Å². The van der Waals surface area contributed by atoms with Crippen LogP contribution >= 0.6 is 0 Å². The van der Waals surface area contributed by atoms with E-state index in [2.05, 4.69) is 10.3 Å². The molecule has 2 aromatic rings. The summed E-state index contributed by atoms with van der Waals surface area (Å²) in [6.45, 7) is 0. The van der Waals surface area contributed by atoms with E-state index in [1.807, 2.05) is 0 Å². The van der Waals surface area contributed by atoms with Crippen molar-refractivity contribution in [1.82, 2.24) is 4.98 Å². The molecular formula is C13H13N3O3S. The summed E-state index contributed by atoms with van der Waals surface area (Å²) < 4.78 is 22.6. The van der Waals surface area contributed by atoms with Gasteiger partial charge < -0.3 is 11.1 Å². The number of aromatic nitrogens is 1. The van der Waals surface area contributed by atoms with Crippen LogP contribution in [-0.4, -0.2) is 25.6 Å². The number of pyridine rings is 1. The number of anilines is 2. The normalized spacial score (nSPS) is 11.1. The lowest BCUT2D eigenvalue weighted by molar-refractivity contribution is 0.102. The number of carbonyl (C=O) groups is 1. The van der Waals surface area contributed by atoms with Crippen LogP contribution in [-0.2, 0) is 9.84 Å². The summed E-state index contributed by atoms with van der Waals surface area (Å²) in [7, 11) is -3.25. The zero-order valence-electron chi connectivity index (χ0n) is 10.7. The highest BCUT2D eigenvalue weighted by Crippen LogP contribution is 2.16. The molecule has 0 atom stereocenters. The highest BCUT2D eigenvalue weighted by molar-refractivity contribution is 7.90. The summed E-state index contributed by atoms with van der Waals surface area (Å²) in [6, 6.07) is 7.42. The molecule has 0 aliphatic heterocycles. The van der Waals surface area contributed by atoms with Crippen molar-refractivity contribution in [2.75, 3.05) is 17.3 Å². The van der Waals surface area contributed by atoms with Crippen LogP contribution in [0.2, 0.25) is 0 Å². The largest absolute Gasteiger partial charge is 0.398 e. The van der Waals surface area contributed by atoms with Crippen molar-refractivity contribution in [3.8, 4) is 0 Å². The van der Waals surface area contributed by atoms with Crippen LogP contribution in [0.1, 0.15) is 10.4 Å². The Morgan fingerprint density at radius 2 is 1.85 bits per heavy atom. The molecule has 0 spiro atoms. The number of hydrogen-bond acceptors (Lipinski definition) is 5. The van der Waals surface area contributed by atoms with Crippen molar-refractivity contribution in [3.05, 3.63) is 48.3 Å². The van der Waals surface area contributed by atoms with Crippen molar-refractivity contribution in [3.63, 3.8) is 0 Å². The lowest BCUT2D eigenvalue weighted by Crippen LogP contribution is -2.14. The molecule has 7 heteroatoms. The molecule has 3 N–H and O–H groups in total. The van der Waals surface area contributed by atoms with E-state index in [1.54, 1.807) is 0 Å². The maximum absolute atomic E-state index is 12.0. The van der Waals surface area contributed by atoms with Gasteiger partial charge in [0, 0.05) is 30.0 Å². The predicted octanol–water partition coefficient (Wildman–Crippen LogP) is 1.32. The number of sulfone groups is 1. The number of hydrogen-bond donors (Lipinski definition) is 2. The minimum Gasteiger partial charge on any atom is -0.398 e. The van der Waals surface area contributed by atoms with Crippen LogP contribution in [0.3, 0.4) is 0 Å². The molecule has 1 aromatic carbocycles. The second kappa shape index (κ2) is 5.30. The fraction of sp³-hybridized carbons (Fsp3) is 0.0769. The number of nitrogens with two attached hydrogens (primary N) is 1. The minimum absolute atomic E-state index is 0.191. The molecule has 20 heavy (non-hydrogen) atoms. The fourth-order valence-electron chi connectivity index (χ4n) is 1.58. The molecule has 1 heterocycles. The van der Waals surface area contributed by atoms with Crippen molar-refractivity contribution < 1.29 is 13.2 Å². The van der Waals surface area contributed by atoms with Gasteiger partial charge in [0.2, 0.25) is 0 Å². The maximum Gasteiger partial charge on any atom is 0.259 e. The number of rotatable bonds is 3. The van der Waals surface area contributed by atoms with Crippen LogP contribution in [0.15, 0.2) is 47.6 Å². The van der Waals surface area contributed by atoms with Crippen LogP contribution in [0.4, 0.5) is 11.4 Å². The molecule has 0 aliphatic carbocycles. The van der Waals surface area contributed by atoms with Crippen molar-refractivity contribution in [1.29, 1.82) is 0 Å². The van der Waals surface area contributed by atoms with Gasteiger partial charge in [-0.15, -0.1) is 0 Å². The van der Waals surface area contributed by atoms with Crippen LogP contribution < -0.4 is 11.1 Å². The van der Waals surface area contributed by atoms with Gasteiger partial charge in [-0.25, -0.2) is 8.42 Å². The van der Waals surface area contributed by atoms with E-state index in [9.17, 15) is 13.2 Å². The third-order valence-electron chi connectivity index (χ3n) is 2.64. The van der Waals surface area contributed by atoms with E-state index in [0.29, 0.717) is 11.4 Å². The third kappa shape index (κ3) is 3.12. The van der Waals surface area contributed by atoms with Crippen LogP contribution in [0.25, 0.3) is 0 Å². The molecule has 0 unspecified atom stereocenters. The average molecular weight is 291 g/mol. The monoisotopic (exact) mass is 291 g/mol. The Morgan fingerprint density at radius 3 is 2.40 bits per heavy atom. The van der Waals surface area contributed by atoms with Gasteiger partial charge >= 0.3 is 0 Å². The third-order valence-corrected chi connectivity index (χ3v) is 3.77. The Hall–Kier alpha value is -2.41. The molecule has 6 nitrogen and oxygen atoms in total. The molecular weight excluding hydrogens is 278 g/mol. The molecule has 0 saturated heterocycles. The Labute approximate surface area is 116 Å². The number of amides is 1. The van der Waals surface area contributed by atoms with E-state index in [0.717, 1.165) is 6.26 Å². The lowest BCUT2D eigenvalue weighted by Gasteiger charge is -2.07. The zero-order chi connectivity index (χ0) is 14.8. The van der Waals surface area contributed by atoms with Gasteiger partial charge in [0.25, 0.3) is 5.91 Å². The van der Waals surface area contributed by atoms with Gasteiger partial charge in [-0.3, -0.25) is 9.78 Å². The average Bonchev–Trinajstić information content (AvgIpc) is 2.38. The van der Waals surface area contributed by atoms with Crippen molar-refractivity contribution >= 4 is 27.1 Å². The summed E-state index contributed by atoms with van der Waals surface area (Å²) in [5, 5.41) is 2.62. The number of nitrogen functional groups attached to an aromatic ring is 1. The standard InChI is InChI=1S/C13H13N3O3S/c1-20(18,19)10-4-2-9(3-5-10)16-13(17)11-8-15-7-6-12(11)14/h2-8H,1H3,(H2,14,15)(H,16,17). The molecule has 0 bridgehead atoms. The van der Waals surface area contributed by atoms with Gasteiger partial charge in [0.1, 0.15) is 0 Å². The summed E-state index contributed by atoms with van der Waals surface area (Å²) in [6.07, 6.45) is 3.99. The van der Waals surface area contributed by atoms with E-state index < -0.39 is 15.7 Å². The first-order chi connectivity index (χ1) is 9.38. The Morgan fingerprint density at radius 1 is 1.20 bits per heavy atom. The SMILES string of the molecule is CS(=O)(=O)c1ccc(NC(=O)c2cnccc2N)cc1. The fourth-order valence-corrected chi connectivity index (χ4v) is 2.21. The van der Waals surface area contributed by atoms with Crippen LogP contribution in [0.5, 0.6) is 0 Å². The molecule has 1 aromatic heterocycles. The second-order valence-electron chi connectivity index (χ2n) is 4.21. The number of benzene rings is 1. The number of nitrogens with zero attached hydrogens (tertiary/aromatic N) is 1. The molecule has 0 saturated carbocycles. The maximum atomic E-state index is 12.0. The van der Waals surface area contributed by atoms with E-state index in [4.69, 9.17) is 5.73 Å². The minimum atomic E-state index is -3.25. The molecule has 0 aliphatic rings. The first kappa shape index (κ1) is 14.0. The predicted molar refractivity (Wildman–Crippen MR) is 76.2 cm³/mol. The Bertz CT molecular complexity index is 740. The van der Waals surface area contributed by atoms with Gasteiger partial charge in [0.15, 0.2) is 9.84 Å². The smallest absolute Gasteiger partial charge is 0.259 e. The number of carbonyl (C=O) groups excluding carboxylic acids is 1. The van der Waals surface area contributed by atoms with Gasteiger partial charge in [-0.2, -0.15) is 0 Å². The van der Waals surface area contributed by atoms with Crippen molar-refractivity contribution in [2.45, 2.75) is 4.90 Å². The number of nitrogens with one attached hydrogen (secondary N) is 1. The molecule has 0 fully saturated rings. The first-order valence-electron chi connectivity index (χ1n) is 5.69. The molecule has 2 rings (SSSR count). The Kier molecular flexibility index (Phi) is 3.71. The van der Waals surface area contributed by atoms with Crippen molar-refractivity contribution in [2.24, 2.45) is 0 Å². The lowest BCUT2D eigenvalue weighted by atomic mass is 10.2. The quantitative estimate of drug-likeness (QED) is 0.888. The molecule has 104 valence electrons.